The van der Waals surface area contributed by atoms with Gasteiger partial charge in [-0.3, -0.25) is 0 Å². The van der Waals surface area contributed by atoms with E-state index in [1.54, 1.807) is 25.3 Å². The molecule has 0 amide bonds. The van der Waals surface area contributed by atoms with Crippen molar-refractivity contribution < 1.29 is 19.4 Å². The lowest BCUT2D eigenvalue weighted by atomic mass is 10.2. The molecule has 0 fully saturated rings. The van der Waals surface area contributed by atoms with Crippen LogP contribution >= 0.6 is 0 Å². The number of oxime groups is 1. The second-order valence-electron chi connectivity index (χ2n) is 4.64. The van der Waals surface area contributed by atoms with Crippen molar-refractivity contribution in [3.63, 3.8) is 0 Å². The monoisotopic (exact) mass is 301 g/mol. The van der Waals surface area contributed by atoms with E-state index in [-0.39, 0.29) is 0 Å². The molecule has 0 aliphatic rings. The summed E-state index contributed by atoms with van der Waals surface area (Å²) in [5, 5.41) is 11.7. The number of benzene rings is 2. The van der Waals surface area contributed by atoms with E-state index in [1.807, 2.05) is 31.2 Å². The molecular weight excluding hydrogens is 282 g/mol. The predicted molar refractivity (Wildman–Crippen MR) is 84.5 cm³/mol. The lowest BCUT2D eigenvalue weighted by molar-refractivity contribution is 0.211. The summed E-state index contributed by atoms with van der Waals surface area (Å²) in [5.74, 6) is 1.91. The Hall–Kier alpha value is -2.69. The number of para-hydroxylation sites is 1. The molecule has 22 heavy (non-hydrogen) atoms. The van der Waals surface area contributed by atoms with E-state index in [4.69, 9.17) is 19.4 Å². The third-order valence-corrected chi connectivity index (χ3v) is 3.01. The summed E-state index contributed by atoms with van der Waals surface area (Å²) in [5.41, 5.74) is 1.78. The Morgan fingerprint density at radius 1 is 1.09 bits per heavy atom. The second kappa shape index (κ2) is 7.93. The maximum Gasteiger partial charge on any atom is 0.170 e. The van der Waals surface area contributed by atoms with Crippen molar-refractivity contribution in [3.05, 3.63) is 53.6 Å². The van der Waals surface area contributed by atoms with Gasteiger partial charge in [0, 0.05) is 5.56 Å². The highest BCUT2D eigenvalue weighted by Gasteiger charge is 2.09. The van der Waals surface area contributed by atoms with Gasteiger partial charge in [-0.25, -0.2) is 0 Å². The molecule has 2 aromatic carbocycles. The molecule has 0 spiro atoms. The van der Waals surface area contributed by atoms with Crippen LogP contribution in [-0.2, 0) is 0 Å². The van der Waals surface area contributed by atoms with Crippen LogP contribution in [0.5, 0.6) is 17.2 Å². The molecule has 5 heteroatoms. The van der Waals surface area contributed by atoms with Crippen LogP contribution in [0.2, 0.25) is 0 Å². The summed E-state index contributed by atoms with van der Waals surface area (Å²) in [6, 6.07) is 13.2. The van der Waals surface area contributed by atoms with Gasteiger partial charge in [-0.05, 0) is 36.8 Å². The molecule has 0 saturated heterocycles. The third-order valence-electron chi connectivity index (χ3n) is 3.01. The Morgan fingerprint density at radius 2 is 1.86 bits per heavy atom. The van der Waals surface area contributed by atoms with Gasteiger partial charge in [0.25, 0.3) is 0 Å². The first-order valence-electron chi connectivity index (χ1n) is 6.91. The maximum atomic E-state index is 8.70. The molecule has 1 N–H and O–H groups in total. The van der Waals surface area contributed by atoms with Gasteiger partial charge in [-0.15, -0.1) is 0 Å². The average Bonchev–Trinajstić information content (AvgIpc) is 2.53. The highest BCUT2D eigenvalue weighted by atomic mass is 16.5. The molecule has 0 aliphatic carbocycles. The standard InChI is InChI=1S/C17H19NO4/c1-13-5-3-7-15(11-13)21-9-10-22-17-14(12-18-19)6-4-8-16(17)20-2/h3-8,11-12,19H,9-10H2,1-2H3/b18-12+. The Bertz CT molecular complexity index is 640. The minimum atomic E-state index is 0.348. The topological polar surface area (TPSA) is 60.3 Å². The fourth-order valence-corrected chi connectivity index (χ4v) is 2.02. The molecule has 0 saturated carbocycles. The van der Waals surface area contributed by atoms with E-state index in [0.29, 0.717) is 30.3 Å². The van der Waals surface area contributed by atoms with Crippen LogP contribution in [0.15, 0.2) is 47.6 Å². The summed E-state index contributed by atoms with van der Waals surface area (Å²) in [6.07, 6.45) is 1.30. The van der Waals surface area contributed by atoms with E-state index < -0.39 is 0 Å². The summed E-state index contributed by atoms with van der Waals surface area (Å²) in [4.78, 5) is 0. The maximum absolute atomic E-state index is 8.70. The predicted octanol–water partition coefficient (Wildman–Crippen LogP) is 3.27. The second-order valence-corrected chi connectivity index (χ2v) is 4.64. The SMILES string of the molecule is COc1cccc(/C=N/O)c1OCCOc1cccc(C)c1. The molecular formula is C17H19NO4. The largest absolute Gasteiger partial charge is 0.493 e. The van der Waals surface area contributed by atoms with Gasteiger partial charge < -0.3 is 19.4 Å². The summed E-state index contributed by atoms with van der Waals surface area (Å²) in [6.45, 7) is 2.76. The zero-order valence-electron chi connectivity index (χ0n) is 12.7. The molecule has 2 rings (SSSR count). The van der Waals surface area contributed by atoms with Crippen LogP contribution in [0.4, 0.5) is 0 Å². The Balaban J connectivity index is 1.96. The Labute approximate surface area is 129 Å². The molecule has 2 aromatic rings. The van der Waals surface area contributed by atoms with E-state index in [9.17, 15) is 0 Å². The average molecular weight is 301 g/mol. The minimum absolute atomic E-state index is 0.348. The van der Waals surface area contributed by atoms with Crippen LogP contribution in [0.3, 0.4) is 0 Å². The number of hydrogen-bond acceptors (Lipinski definition) is 5. The number of methoxy groups -OCH3 is 1. The highest BCUT2D eigenvalue weighted by molar-refractivity contribution is 5.84. The van der Waals surface area contributed by atoms with Crippen molar-refractivity contribution in [1.82, 2.24) is 0 Å². The van der Waals surface area contributed by atoms with Crippen LogP contribution in [0.25, 0.3) is 0 Å². The molecule has 0 bridgehead atoms. The minimum Gasteiger partial charge on any atom is -0.493 e. The van der Waals surface area contributed by atoms with Crippen molar-refractivity contribution in [1.29, 1.82) is 0 Å². The first-order valence-corrected chi connectivity index (χ1v) is 6.91. The Morgan fingerprint density at radius 3 is 2.59 bits per heavy atom. The summed E-state index contributed by atoms with van der Waals surface area (Å²) < 4.78 is 16.6. The number of aryl methyl sites for hydroxylation is 1. The molecule has 0 atom stereocenters. The van der Waals surface area contributed by atoms with Crippen LogP contribution in [0.1, 0.15) is 11.1 Å². The number of hydrogen-bond donors (Lipinski definition) is 1. The quantitative estimate of drug-likeness (QED) is 0.369. The molecule has 5 nitrogen and oxygen atoms in total. The van der Waals surface area contributed by atoms with Gasteiger partial charge >= 0.3 is 0 Å². The lowest BCUT2D eigenvalue weighted by Gasteiger charge is -2.13. The van der Waals surface area contributed by atoms with Crippen molar-refractivity contribution in [3.8, 4) is 17.2 Å². The molecule has 0 heterocycles. The number of rotatable bonds is 7. The molecule has 116 valence electrons. The van der Waals surface area contributed by atoms with Gasteiger partial charge in [0.2, 0.25) is 0 Å². The molecule has 0 radical (unpaired) electrons. The van der Waals surface area contributed by atoms with Crippen molar-refractivity contribution in [2.45, 2.75) is 6.92 Å². The number of ether oxygens (including phenoxy) is 3. The third kappa shape index (κ3) is 4.15. The van der Waals surface area contributed by atoms with Gasteiger partial charge in [0.15, 0.2) is 11.5 Å². The van der Waals surface area contributed by atoms with Crippen LogP contribution in [0, 0.1) is 6.92 Å². The first kappa shape index (κ1) is 15.7. The van der Waals surface area contributed by atoms with Gasteiger partial charge in [0.05, 0.1) is 13.3 Å². The zero-order chi connectivity index (χ0) is 15.8. The molecule has 0 aromatic heterocycles. The summed E-state index contributed by atoms with van der Waals surface area (Å²) in [7, 11) is 1.56. The first-order chi connectivity index (χ1) is 10.7. The van der Waals surface area contributed by atoms with Crippen molar-refractivity contribution in [2.75, 3.05) is 20.3 Å². The zero-order valence-corrected chi connectivity index (χ0v) is 12.7. The smallest absolute Gasteiger partial charge is 0.170 e. The van der Waals surface area contributed by atoms with Gasteiger partial charge in [0.1, 0.15) is 19.0 Å². The molecule has 0 aliphatic heterocycles. The Kier molecular flexibility index (Phi) is 5.65. The van der Waals surface area contributed by atoms with Crippen LogP contribution in [-0.4, -0.2) is 31.7 Å². The molecule has 0 unspecified atom stereocenters. The highest BCUT2D eigenvalue weighted by Crippen LogP contribution is 2.30. The fraction of sp³-hybridized carbons (Fsp3) is 0.235. The van der Waals surface area contributed by atoms with Gasteiger partial charge in [-0.1, -0.05) is 23.4 Å². The van der Waals surface area contributed by atoms with Crippen molar-refractivity contribution in [2.24, 2.45) is 5.16 Å². The summed E-state index contributed by atoms with van der Waals surface area (Å²) >= 11 is 0. The number of nitrogens with zero attached hydrogens (tertiary/aromatic N) is 1. The van der Waals surface area contributed by atoms with E-state index in [1.165, 1.54) is 6.21 Å². The van der Waals surface area contributed by atoms with E-state index in [2.05, 4.69) is 5.16 Å². The van der Waals surface area contributed by atoms with Crippen LogP contribution < -0.4 is 14.2 Å². The lowest BCUT2D eigenvalue weighted by Crippen LogP contribution is -2.10. The fourth-order valence-electron chi connectivity index (χ4n) is 2.02. The normalized spacial score (nSPS) is 10.6. The van der Waals surface area contributed by atoms with E-state index >= 15 is 0 Å². The van der Waals surface area contributed by atoms with Gasteiger partial charge in [-0.2, -0.15) is 0 Å². The van der Waals surface area contributed by atoms with Crippen molar-refractivity contribution >= 4 is 6.21 Å². The van der Waals surface area contributed by atoms with E-state index in [0.717, 1.165) is 11.3 Å².